The first-order chi connectivity index (χ1) is 9.18. The van der Waals surface area contributed by atoms with E-state index in [9.17, 15) is 0 Å². The van der Waals surface area contributed by atoms with Crippen LogP contribution in [0.5, 0.6) is 0 Å². The first kappa shape index (κ1) is 13.7. The predicted octanol–water partition coefficient (Wildman–Crippen LogP) is 1.21. The quantitative estimate of drug-likeness (QED) is 0.847. The molecular weight excluding hydrogens is 238 g/mol. The standard InChI is InChI=1S/C14H21N5/c1-18(2)14(12-7-5-4-6-8-12)11-15-9-13-10-16-17-19(13)3/h4-8,10,14-15H,9,11H2,1-3H3. The summed E-state index contributed by atoms with van der Waals surface area (Å²) in [6, 6.07) is 10.9. The van der Waals surface area contributed by atoms with Gasteiger partial charge in [0.05, 0.1) is 11.9 Å². The van der Waals surface area contributed by atoms with E-state index in [2.05, 4.69) is 58.9 Å². The lowest BCUT2D eigenvalue weighted by Gasteiger charge is -2.25. The van der Waals surface area contributed by atoms with Crippen molar-refractivity contribution in [3.05, 3.63) is 47.8 Å². The highest BCUT2D eigenvalue weighted by Crippen LogP contribution is 2.16. The molecule has 0 saturated carbocycles. The largest absolute Gasteiger partial charge is 0.309 e. The SMILES string of the molecule is CN(C)C(CNCc1cnnn1C)c1ccccc1. The fourth-order valence-electron chi connectivity index (χ4n) is 2.08. The monoisotopic (exact) mass is 259 g/mol. The molecule has 0 spiro atoms. The van der Waals surface area contributed by atoms with E-state index < -0.39 is 0 Å². The van der Waals surface area contributed by atoms with E-state index in [0.717, 1.165) is 18.8 Å². The van der Waals surface area contributed by atoms with Crippen molar-refractivity contribution in [2.45, 2.75) is 12.6 Å². The molecule has 0 amide bonds. The molecule has 0 fully saturated rings. The topological polar surface area (TPSA) is 46.0 Å². The first-order valence-electron chi connectivity index (χ1n) is 6.44. The van der Waals surface area contributed by atoms with Gasteiger partial charge in [-0.2, -0.15) is 0 Å². The van der Waals surface area contributed by atoms with Gasteiger partial charge in [-0.15, -0.1) is 5.10 Å². The minimum atomic E-state index is 0.363. The second-order valence-corrected chi connectivity index (χ2v) is 4.87. The maximum atomic E-state index is 3.92. The van der Waals surface area contributed by atoms with Crippen LogP contribution < -0.4 is 5.32 Å². The number of aryl methyl sites for hydroxylation is 1. The summed E-state index contributed by atoms with van der Waals surface area (Å²) < 4.78 is 1.79. The lowest BCUT2D eigenvalue weighted by Crippen LogP contribution is -2.31. The second-order valence-electron chi connectivity index (χ2n) is 4.87. The molecule has 102 valence electrons. The molecule has 0 radical (unpaired) electrons. The molecule has 1 aromatic carbocycles. The van der Waals surface area contributed by atoms with Gasteiger partial charge in [0.25, 0.3) is 0 Å². The van der Waals surface area contributed by atoms with Crippen LogP contribution in [0, 0.1) is 0 Å². The number of hydrogen-bond donors (Lipinski definition) is 1. The van der Waals surface area contributed by atoms with Gasteiger partial charge in [0.1, 0.15) is 0 Å². The minimum absolute atomic E-state index is 0.363. The zero-order valence-electron chi connectivity index (χ0n) is 11.7. The normalized spacial score (nSPS) is 12.8. The number of benzene rings is 1. The Labute approximate surface area is 114 Å². The van der Waals surface area contributed by atoms with Crippen LogP contribution in [-0.4, -0.2) is 40.5 Å². The van der Waals surface area contributed by atoms with E-state index >= 15 is 0 Å². The Morgan fingerprint density at radius 3 is 2.58 bits per heavy atom. The minimum Gasteiger partial charge on any atom is -0.309 e. The van der Waals surface area contributed by atoms with Crippen molar-refractivity contribution in [3.8, 4) is 0 Å². The van der Waals surface area contributed by atoms with Crippen LogP contribution >= 0.6 is 0 Å². The van der Waals surface area contributed by atoms with Crippen molar-refractivity contribution in [2.75, 3.05) is 20.6 Å². The second kappa shape index (κ2) is 6.45. The van der Waals surface area contributed by atoms with E-state index in [-0.39, 0.29) is 0 Å². The van der Waals surface area contributed by atoms with Gasteiger partial charge < -0.3 is 10.2 Å². The maximum Gasteiger partial charge on any atom is 0.0738 e. The predicted molar refractivity (Wildman–Crippen MR) is 75.6 cm³/mol. The fraction of sp³-hybridized carbons (Fsp3) is 0.429. The summed E-state index contributed by atoms with van der Waals surface area (Å²) in [5.41, 5.74) is 2.41. The van der Waals surface area contributed by atoms with E-state index in [4.69, 9.17) is 0 Å². The number of likely N-dealkylation sites (N-methyl/N-ethyl adjacent to an activating group) is 1. The van der Waals surface area contributed by atoms with Crippen LogP contribution in [0.2, 0.25) is 0 Å². The third kappa shape index (κ3) is 3.62. The van der Waals surface area contributed by atoms with E-state index in [1.807, 2.05) is 13.1 Å². The van der Waals surface area contributed by atoms with Crippen molar-refractivity contribution in [1.29, 1.82) is 0 Å². The lowest BCUT2D eigenvalue weighted by atomic mass is 10.1. The Morgan fingerprint density at radius 1 is 1.26 bits per heavy atom. The van der Waals surface area contributed by atoms with E-state index in [1.165, 1.54) is 5.56 Å². The highest BCUT2D eigenvalue weighted by molar-refractivity contribution is 5.19. The molecule has 2 aromatic rings. The van der Waals surface area contributed by atoms with Crippen LogP contribution in [-0.2, 0) is 13.6 Å². The van der Waals surface area contributed by atoms with Crippen LogP contribution in [0.1, 0.15) is 17.3 Å². The number of nitrogens with one attached hydrogen (secondary N) is 1. The average Bonchev–Trinajstić information content (AvgIpc) is 2.81. The number of aromatic nitrogens is 3. The molecule has 5 nitrogen and oxygen atoms in total. The van der Waals surface area contributed by atoms with Crippen molar-refractivity contribution >= 4 is 0 Å². The molecule has 0 aliphatic heterocycles. The smallest absolute Gasteiger partial charge is 0.0738 e. The van der Waals surface area contributed by atoms with Gasteiger partial charge in [0.2, 0.25) is 0 Å². The van der Waals surface area contributed by atoms with Crippen LogP contribution in [0.3, 0.4) is 0 Å². The molecule has 0 aliphatic rings. The Balaban J connectivity index is 1.93. The Hall–Kier alpha value is -1.72. The van der Waals surface area contributed by atoms with Crippen molar-refractivity contribution in [1.82, 2.24) is 25.2 Å². The summed E-state index contributed by atoms with van der Waals surface area (Å²) >= 11 is 0. The fourth-order valence-corrected chi connectivity index (χ4v) is 2.08. The van der Waals surface area contributed by atoms with E-state index in [0.29, 0.717) is 6.04 Å². The van der Waals surface area contributed by atoms with Gasteiger partial charge in [-0.1, -0.05) is 35.5 Å². The molecule has 5 heteroatoms. The Morgan fingerprint density at radius 2 is 2.00 bits per heavy atom. The molecule has 0 saturated heterocycles. The Kier molecular flexibility index (Phi) is 4.65. The summed E-state index contributed by atoms with van der Waals surface area (Å²) in [5.74, 6) is 0. The van der Waals surface area contributed by atoms with Crippen LogP contribution in [0.25, 0.3) is 0 Å². The van der Waals surface area contributed by atoms with Gasteiger partial charge in [0, 0.05) is 26.2 Å². The maximum absolute atomic E-state index is 3.92. The zero-order valence-corrected chi connectivity index (χ0v) is 11.7. The zero-order chi connectivity index (χ0) is 13.7. The van der Waals surface area contributed by atoms with Gasteiger partial charge in [0.15, 0.2) is 0 Å². The molecule has 1 unspecified atom stereocenters. The lowest BCUT2D eigenvalue weighted by molar-refractivity contribution is 0.287. The number of hydrogen-bond acceptors (Lipinski definition) is 4. The summed E-state index contributed by atoms with van der Waals surface area (Å²) in [6.45, 7) is 1.67. The molecule has 1 heterocycles. The Bertz CT molecular complexity index is 492. The molecule has 1 atom stereocenters. The molecule has 0 bridgehead atoms. The number of rotatable bonds is 6. The van der Waals surface area contributed by atoms with Gasteiger partial charge >= 0.3 is 0 Å². The number of nitrogens with zero attached hydrogens (tertiary/aromatic N) is 4. The summed E-state index contributed by atoms with van der Waals surface area (Å²) in [5, 5.41) is 11.3. The van der Waals surface area contributed by atoms with Crippen molar-refractivity contribution in [3.63, 3.8) is 0 Å². The highest BCUT2D eigenvalue weighted by atomic mass is 15.4. The third-order valence-electron chi connectivity index (χ3n) is 3.26. The summed E-state index contributed by atoms with van der Waals surface area (Å²) in [6.07, 6.45) is 1.79. The van der Waals surface area contributed by atoms with Gasteiger partial charge in [-0.05, 0) is 19.7 Å². The van der Waals surface area contributed by atoms with E-state index in [1.54, 1.807) is 10.9 Å². The average molecular weight is 259 g/mol. The van der Waals surface area contributed by atoms with Crippen LogP contribution in [0.15, 0.2) is 36.5 Å². The first-order valence-corrected chi connectivity index (χ1v) is 6.44. The van der Waals surface area contributed by atoms with Gasteiger partial charge in [-0.25, -0.2) is 0 Å². The van der Waals surface area contributed by atoms with Crippen LogP contribution in [0.4, 0.5) is 0 Å². The van der Waals surface area contributed by atoms with Crippen molar-refractivity contribution < 1.29 is 0 Å². The molecule has 1 N–H and O–H groups in total. The van der Waals surface area contributed by atoms with Gasteiger partial charge in [-0.3, -0.25) is 4.68 Å². The molecule has 2 rings (SSSR count). The molecule has 19 heavy (non-hydrogen) atoms. The third-order valence-corrected chi connectivity index (χ3v) is 3.26. The highest BCUT2D eigenvalue weighted by Gasteiger charge is 2.13. The summed E-state index contributed by atoms with van der Waals surface area (Å²) in [4.78, 5) is 2.23. The summed E-state index contributed by atoms with van der Waals surface area (Å²) in [7, 11) is 6.11. The molecular formula is C14H21N5. The molecule has 0 aliphatic carbocycles. The molecule has 1 aromatic heterocycles. The van der Waals surface area contributed by atoms with Crippen molar-refractivity contribution in [2.24, 2.45) is 7.05 Å².